The summed E-state index contributed by atoms with van der Waals surface area (Å²) in [6, 6.07) is 8.89. The molecule has 0 unspecified atom stereocenters. The molecular weight excluding hydrogens is 266 g/mol. The van der Waals surface area contributed by atoms with Crippen LogP contribution in [0.5, 0.6) is 0 Å². The van der Waals surface area contributed by atoms with Crippen LogP contribution in [-0.2, 0) is 4.74 Å². The van der Waals surface area contributed by atoms with E-state index < -0.39 is 5.97 Å². The number of aromatic nitrogens is 2. The zero-order valence-electron chi connectivity index (χ0n) is 10.1. The van der Waals surface area contributed by atoms with Gasteiger partial charge in [0.1, 0.15) is 11.6 Å². The SMILES string of the molecule is CCOC(=O)c1cnn(-c2ccccc2Cl)c1C#N. The lowest BCUT2D eigenvalue weighted by atomic mass is 10.2. The van der Waals surface area contributed by atoms with Crippen molar-refractivity contribution < 1.29 is 9.53 Å². The minimum atomic E-state index is -0.572. The molecule has 0 bridgehead atoms. The highest BCUT2D eigenvalue weighted by atomic mass is 35.5. The predicted molar refractivity (Wildman–Crippen MR) is 69.2 cm³/mol. The number of para-hydroxylation sites is 1. The lowest BCUT2D eigenvalue weighted by molar-refractivity contribution is 0.0526. The van der Waals surface area contributed by atoms with E-state index in [1.54, 1.807) is 31.2 Å². The number of nitriles is 1. The van der Waals surface area contributed by atoms with Crippen LogP contribution in [0.2, 0.25) is 5.02 Å². The first-order valence-electron chi connectivity index (χ1n) is 5.59. The van der Waals surface area contributed by atoms with Crippen LogP contribution >= 0.6 is 11.6 Å². The summed E-state index contributed by atoms with van der Waals surface area (Å²) in [6.07, 6.45) is 1.31. The van der Waals surface area contributed by atoms with E-state index in [0.29, 0.717) is 10.7 Å². The maximum absolute atomic E-state index is 11.7. The summed E-state index contributed by atoms with van der Waals surface area (Å²) < 4.78 is 6.20. The van der Waals surface area contributed by atoms with Crippen molar-refractivity contribution in [1.82, 2.24) is 9.78 Å². The van der Waals surface area contributed by atoms with Crippen molar-refractivity contribution in [3.63, 3.8) is 0 Å². The molecule has 0 fully saturated rings. The molecule has 1 aromatic heterocycles. The van der Waals surface area contributed by atoms with Crippen molar-refractivity contribution in [2.75, 3.05) is 6.61 Å². The molecule has 2 aromatic rings. The quantitative estimate of drug-likeness (QED) is 0.808. The van der Waals surface area contributed by atoms with Gasteiger partial charge in [-0.05, 0) is 19.1 Å². The van der Waals surface area contributed by atoms with Crippen LogP contribution < -0.4 is 0 Å². The van der Waals surface area contributed by atoms with E-state index in [1.807, 2.05) is 6.07 Å². The number of esters is 1. The second kappa shape index (κ2) is 5.55. The molecule has 0 atom stereocenters. The maximum Gasteiger partial charge on any atom is 0.342 e. The Morgan fingerprint density at radius 1 is 1.53 bits per heavy atom. The largest absolute Gasteiger partial charge is 0.462 e. The number of halogens is 1. The first-order chi connectivity index (χ1) is 9.19. The average Bonchev–Trinajstić information content (AvgIpc) is 2.83. The van der Waals surface area contributed by atoms with Crippen molar-refractivity contribution >= 4 is 17.6 Å². The van der Waals surface area contributed by atoms with Crippen LogP contribution in [-0.4, -0.2) is 22.4 Å². The van der Waals surface area contributed by atoms with E-state index in [1.165, 1.54) is 10.9 Å². The van der Waals surface area contributed by atoms with Gasteiger partial charge in [0.05, 0.1) is 23.5 Å². The zero-order chi connectivity index (χ0) is 13.8. The van der Waals surface area contributed by atoms with Crippen molar-refractivity contribution in [3.8, 4) is 11.8 Å². The fourth-order valence-electron chi connectivity index (χ4n) is 1.62. The van der Waals surface area contributed by atoms with Crippen molar-refractivity contribution in [3.05, 3.63) is 46.7 Å². The Balaban J connectivity index is 2.53. The molecule has 5 nitrogen and oxygen atoms in total. The van der Waals surface area contributed by atoms with Gasteiger partial charge >= 0.3 is 5.97 Å². The number of benzene rings is 1. The van der Waals surface area contributed by atoms with E-state index in [0.717, 1.165) is 0 Å². The second-order valence-electron chi connectivity index (χ2n) is 3.60. The van der Waals surface area contributed by atoms with Crippen LogP contribution in [0.1, 0.15) is 23.0 Å². The van der Waals surface area contributed by atoms with Crippen LogP contribution in [0, 0.1) is 11.3 Å². The molecule has 19 heavy (non-hydrogen) atoms. The summed E-state index contributed by atoms with van der Waals surface area (Å²) in [5, 5.41) is 13.7. The molecule has 0 aliphatic rings. The molecule has 0 spiro atoms. The summed E-state index contributed by atoms with van der Waals surface area (Å²) in [7, 11) is 0. The zero-order valence-corrected chi connectivity index (χ0v) is 10.9. The van der Waals surface area contributed by atoms with Gasteiger partial charge in [0.15, 0.2) is 5.69 Å². The molecule has 1 heterocycles. The molecule has 0 saturated heterocycles. The molecule has 0 saturated carbocycles. The summed E-state index contributed by atoms with van der Waals surface area (Å²) in [5.74, 6) is -0.572. The van der Waals surface area contributed by atoms with Gasteiger partial charge in [0.25, 0.3) is 0 Å². The Labute approximate surface area is 115 Å². The number of ether oxygens (including phenoxy) is 1. The third-order valence-corrected chi connectivity index (χ3v) is 2.77. The van der Waals surface area contributed by atoms with Gasteiger partial charge in [-0.1, -0.05) is 23.7 Å². The molecule has 0 N–H and O–H groups in total. The Bertz CT molecular complexity index is 658. The Morgan fingerprint density at radius 3 is 2.89 bits per heavy atom. The maximum atomic E-state index is 11.7. The first-order valence-corrected chi connectivity index (χ1v) is 5.97. The number of carbonyl (C=O) groups excluding carboxylic acids is 1. The molecule has 0 radical (unpaired) electrons. The third kappa shape index (κ3) is 2.44. The molecule has 1 aromatic carbocycles. The Kier molecular flexibility index (Phi) is 3.83. The topological polar surface area (TPSA) is 67.9 Å². The lowest BCUT2D eigenvalue weighted by Crippen LogP contribution is -2.07. The molecule has 2 rings (SSSR count). The molecule has 0 aliphatic carbocycles. The van der Waals surface area contributed by atoms with Gasteiger partial charge in [0.2, 0.25) is 0 Å². The van der Waals surface area contributed by atoms with Crippen molar-refractivity contribution in [1.29, 1.82) is 5.26 Å². The van der Waals surface area contributed by atoms with Crippen LogP contribution in [0.15, 0.2) is 30.5 Å². The smallest absolute Gasteiger partial charge is 0.342 e. The number of hydrogen-bond acceptors (Lipinski definition) is 4. The lowest BCUT2D eigenvalue weighted by Gasteiger charge is -2.05. The van der Waals surface area contributed by atoms with Gasteiger partial charge in [-0.2, -0.15) is 10.4 Å². The normalized spacial score (nSPS) is 9.95. The Hall–Kier alpha value is -2.32. The standard InChI is InChI=1S/C13H10ClN3O2/c1-2-19-13(18)9-8-16-17(12(9)7-15)11-6-4-3-5-10(11)14/h3-6,8H,2H2,1H3. The molecule has 0 amide bonds. The van der Waals surface area contributed by atoms with Gasteiger partial charge in [0, 0.05) is 0 Å². The predicted octanol–water partition coefficient (Wildman–Crippen LogP) is 2.57. The van der Waals surface area contributed by atoms with Gasteiger partial charge in [-0.25, -0.2) is 9.48 Å². The van der Waals surface area contributed by atoms with E-state index in [2.05, 4.69) is 5.10 Å². The van der Waals surface area contributed by atoms with E-state index in [4.69, 9.17) is 16.3 Å². The van der Waals surface area contributed by atoms with Gasteiger partial charge < -0.3 is 4.74 Å². The Morgan fingerprint density at radius 2 is 2.26 bits per heavy atom. The third-order valence-electron chi connectivity index (χ3n) is 2.45. The van der Waals surface area contributed by atoms with Crippen LogP contribution in [0.25, 0.3) is 5.69 Å². The van der Waals surface area contributed by atoms with Crippen LogP contribution in [0.3, 0.4) is 0 Å². The minimum absolute atomic E-state index is 0.103. The average molecular weight is 276 g/mol. The summed E-state index contributed by atoms with van der Waals surface area (Å²) in [4.78, 5) is 11.7. The molecule has 0 aliphatic heterocycles. The first kappa shape index (κ1) is 13.1. The second-order valence-corrected chi connectivity index (χ2v) is 4.01. The highest BCUT2D eigenvalue weighted by molar-refractivity contribution is 6.32. The van der Waals surface area contributed by atoms with Gasteiger partial charge in [-0.3, -0.25) is 0 Å². The minimum Gasteiger partial charge on any atom is -0.462 e. The molecule has 6 heteroatoms. The van der Waals surface area contributed by atoms with Crippen LogP contribution in [0.4, 0.5) is 0 Å². The van der Waals surface area contributed by atoms with E-state index in [-0.39, 0.29) is 17.9 Å². The number of hydrogen-bond donors (Lipinski definition) is 0. The summed E-state index contributed by atoms with van der Waals surface area (Å²) >= 11 is 6.05. The van der Waals surface area contributed by atoms with Crippen molar-refractivity contribution in [2.45, 2.75) is 6.92 Å². The molecular formula is C13H10ClN3O2. The van der Waals surface area contributed by atoms with E-state index >= 15 is 0 Å². The number of carbonyl (C=O) groups is 1. The number of rotatable bonds is 3. The monoisotopic (exact) mass is 275 g/mol. The van der Waals surface area contributed by atoms with E-state index in [9.17, 15) is 10.1 Å². The fourth-order valence-corrected chi connectivity index (χ4v) is 1.84. The van der Waals surface area contributed by atoms with Gasteiger partial charge in [-0.15, -0.1) is 0 Å². The summed E-state index contributed by atoms with van der Waals surface area (Å²) in [5.41, 5.74) is 0.770. The van der Waals surface area contributed by atoms with Crippen molar-refractivity contribution in [2.24, 2.45) is 0 Å². The fraction of sp³-hybridized carbons (Fsp3) is 0.154. The molecule has 96 valence electrons. The highest BCUT2D eigenvalue weighted by Gasteiger charge is 2.20. The number of nitrogens with zero attached hydrogens (tertiary/aromatic N) is 3. The highest BCUT2D eigenvalue weighted by Crippen LogP contribution is 2.22. The summed E-state index contributed by atoms with van der Waals surface area (Å²) in [6.45, 7) is 1.93.